The number of fused-ring (bicyclic) bond motifs is 1. The summed E-state index contributed by atoms with van der Waals surface area (Å²) in [6, 6.07) is 5.88. The highest BCUT2D eigenvalue weighted by atomic mass is 16.4. The van der Waals surface area contributed by atoms with Crippen LogP contribution in [0.15, 0.2) is 18.2 Å². The Morgan fingerprint density at radius 2 is 2.22 bits per heavy atom. The van der Waals surface area contributed by atoms with Crippen LogP contribution in [0, 0.1) is 0 Å². The van der Waals surface area contributed by atoms with Gasteiger partial charge in [0.15, 0.2) is 0 Å². The maximum Gasteiger partial charge on any atom is 0.317 e. The predicted molar refractivity (Wildman–Crippen MR) is 67.5 cm³/mol. The molecule has 0 spiro atoms. The molecule has 1 aromatic carbocycles. The highest BCUT2D eigenvalue weighted by molar-refractivity contribution is 5.95. The molecule has 1 aliphatic rings. The first-order valence-corrected chi connectivity index (χ1v) is 5.89. The molecule has 1 amide bonds. The second-order valence-corrected chi connectivity index (χ2v) is 4.41. The number of hydrogen-bond acceptors (Lipinski definition) is 3. The molecule has 0 aliphatic carbocycles. The van der Waals surface area contributed by atoms with Crippen molar-refractivity contribution < 1.29 is 14.7 Å². The number of carbonyl (C=O) groups excluding carboxylic acids is 1. The van der Waals surface area contributed by atoms with Crippen LogP contribution in [-0.4, -0.2) is 30.6 Å². The zero-order valence-electron chi connectivity index (χ0n) is 10.3. The Labute approximate surface area is 105 Å². The molecule has 0 bridgehead atoms. The van der Waals surface area contributed by atoms with Crippen molar-refractivity contribution in [3.05, 3.63) is 29.3 Å². The summed E-state index contributed by atoms with van der Waals surface area (Å²) in [5.74, 6) is -0.724. The van der Waals surface area contributed by atoms with E-state index < -0.39 is 5.97 Å². The first kappa shape index (κ1) is 12.6. The Kier molecular flexibility index (Phi) is 3.62. The summed E-state index contributed by atoms with van der Waals surface area (Å²) in [6.45, 7) is 0.479. The fraction of sp³-hybridized carbons (Fsp3) is 0.385. The minimum Gasteiger partial charge on any atom is -0.480 e. The second kappa shape index (κ2) is 5.18. The summed E-state index contributed by atoms with van der Waals surface area (Å²) >= 11 is 0. The summed E-state index contributed by atoms with van der Waals surface area (Å²) in [6.07, 6.45) is 1.29. The minimum atomic E-state index is -0.863. The van der Waals surface area contributed by atoms with Gasteiger partial charge in [-0.25, -0.2) is 0 Å². The van der Waals surface area contributed by atoms with Crippen LogP contribution in [0.1, 0.15) is 17.5 Å². The molecule has 0 fully saturated rings. The first-order valence-electron chi connectivity index (χ1n) is 5.89. The summed E-state index contributed by atoms with van der Waals surface area (Å²) in [4.78, 5) is 23.6. The van der Waals surface area contributed by atoms with Crippen LogP contribution < -0.4 is 10.2 Å². The Morgan fingerprint density at radius 1 is 1.44 bits per heavy atom. The van der Waals surface area contributed by atoms with Crippen LogP contribution in [0.3, 0.4) is 0 Å². The monoisotopic (exact) mass is 248 g/mol. The van der Waals surface area contributed by atoms with Gasteiger partial charge in [-0.15, -0.1) is 0 Å². The van der Waals surface area contributed by atoms with Gasteiger partial charge in [0, 0.05) is 25.7 Å². The fourth-order valence-electron chi connectivity index (χ4n) is 2.13. The molecule has 0 saturated heterocycles. The van der Waals surface area contributed by atoms with Gasteiger partial charge in [0.2, 0.25) is 5.91 Å². The predicted octanol–water partition coefficient (Wildman–Crippen LogP) is 0.770. The van der Waals surface area contributed by atoms with E-state index in [9.17, 15) is 9.59 Å². The van der Waals surface area contributed by atoms with E-state index >= 15 is 0 Å². The van der Waals surface area contributed by atoms with Crippen molar-refractivity contribution in [2.45, 2.75) is 19.4 Å². The van der Waals surface area contributed by atoms with Gasteiger partial charge in [0.1, 0.15) is 0 Å². The smallest absolute Gasteiger partial charge is 0.317 e. The molecule has 0 atom stereocenters. The van der Waals surface area contributed by atoms with E-state index in [1.807, 2.05) is 18.2 Å². The first-order chi connectivity index (χ1) is 8.58. The highest BCUT2D eigenvalue weighted by Gasteiger charge is 2.20. The van der Waals surface area contributed by atoms with Crippen molar-refractivity contribution in [2.24, 2.45) is 0 Å². The Morgan fingerprint density at radius 3 is 2.94 bits per heavy atom. The lowest BCUT2D eigenvalue weighted by Gasteiger charge is -2.26. The normalized spacial score (nSPS) is 14.5. The number of carboxylic acid groups (broad SMARTS) is 1. The van der Waals surface area contributed by atoms with E-state index in [-0.39, 0.29) is 12.5 Å². The van der Waals surface area contributed by atoms with Gasteiger partial charge in [-0.05, 0) is 23.6 Å². The van der Waals surface area contributed by atoms with Gasteiger partial charge in [-0.1, -0.05) is 12.1 Å². The van der Waals surface area contributed by atoms with Gasteiger partial charge in [-0.3, -0.25) is 9.59 Å². The number of amides is 1. The van der Waals surface area contributed by atoms with Crippen LogP contribution in [0.4, 0.5) is 5.69 Å². The van der Waals surface area contributed by atoms with Crippen LogP contribution in [0.2, 0.25) is 0 Å². The standard InChI is InChI=1S/C13H16N2O3/c1-15-11-4-2-9(7-14-8-13(17)18)6-10(11)3-5-12(15)16/h2,4,6,14H,3,5,7-8H2,1H3,(H,17,18). The summed E-state index contributed by atoms with van der Waals surface area (Å²) in [5, 5.41) is 11.4. The van der Waals surface area contributed by atoms with Crippen molar-refractivity contribution in [1.29, 1.82) is 0 Å². The highest BCUT2D eigenvalue weighted by Crippen LogP contribution is 2.27. The van der Waals surface area contributed by atoms with E-state index in [0.29, 0.717) is 13.0 Å². The number of carboxylic acids is 1. The molecule has 96 valence electrons. The zero-order chi connectivity index (χ0) is 13.1. The topological polar surface area (TPSA) is 69.6 Å². The Bertz CT molecular complexity index is 485. The zero-order valence-corrected chi connectivity index (χ0v) is 10.3. The summed E-state index contributed by atoms with van der Waals surface area (Å²) in [5.41, 5.74) is 3.14. The average Bonchev–Trinajstić information content (AvgIpc) is 2.33. The van der Waals surface area contributed by atoms with Crippen molar-refractivity contribution in [3.8, 4) is 0 Å². The number of aliphatic carboxylic acids is 1. The van der Waals surface area contributed by atoms with Gasteiger partial charge < -0.3 is 15.3 Å². The quantitative estimate of drug-likeness (QED) is 0.825. The van der Waals surface area contributed by atoms with Crippen molar-refractivity contribution in [3.63, 3.8) is 0 Å². The SMILES string of the molecule is CN1C(=O)CCc2cc(CNCC(=O)O)ccc21. The number of aryl methyl sites for hydroxylation is 1. The number of rotatable bonds is 4. The number of hydrogen-bond donors (Lipinski definition) is 2. The molecule has 0 unspecified atom stereocenters. The van der Waals surface area contributed by atoms with Crippen LogP contribution >= 0.6 is 0 Å². The van der Waals surface area contributed by atoms with E-state index in [4.69, 9.17) is 5.11 Å². The molecule has 0 saturated carbocycles. The molecular weight excluding hydrogens is 232 g/mol. The maximum absolute atomic E-state index is 11.5. The third-order valence-corrected chi connectivity index (χ3v) is 3.09. The fourth-order valence-corrected chi connectivity index (χ4v) is 2.13. The van der Waals surface area contributed by atoms with Gasteiger partial charge in [-0.2, -0.15) is 0 Å². The van der Waals surface area contributed by atoms with Crippen molar-refractivity contribution >= 4 is 17.6 Å². The van der Waals surface area contributed by atoms with Gasteiger partial charge >= 0.3 is 5.97 Å². The molecule has 1 heterocycles. The average molecular weight is 248 g/mol. The third-order valence-electron chi connectivity index (χ3n) is 3.09. The lowest BCUT2D eigenvalue weighted by atomic mass is 9.99. The largest absolute Gasteiger partial charge is 0.480 e. The number of nitrogens with one attached hydrogen (secondary N) is 1. The van der Waals surface area contributed by atoms with E-state index in [2.05, 4.69) is 5.32 Å². The second-order valence-electron chi connectivity index (χ2n) is 4.41. The lowest BCUT2D eigenvalue weighted by molar-refractivity contribution is -0.136. The number of benzene rings is 1. The van der Waals surface area contributed by atoms with Crippen LogP contribution in [0.25, 0.3) is 0 Å². The maximum atomic E-state index is 11.5. The molecule has 5 nitrogen and oxygen atoms in total. The molecule has 1 aromatic rings. The Hall–Kier alpha value is -1.88. The van der Waals surface area contributed by atoms with Gasteiger partial charge in [0.05, 0.1) is 6.54 Å². The molecule has 5 heteroatoms. The summed E-state index contributed by atoms with van der Waals surface area (Å²) in [7, 11) is 1.78. The summed E-state index contributed by atoms with van der Waals surface area (Å²) < 4.78 is 0. The van der Waals surface area contributed by atoms with Crippen LogP contribution in [0.5, 0.6) is 0 Å². The van der Waals surface area contributed by atoms with E-state index in [0.717, 1.165) is 23.2 Å². The van der Waals surface area contributed by atoms with E-state index in [1.165, 1.54) is 0 Å². The number of nitrogens with zero attached hydrogens (tertiary/aromatic N) is 1. The lowest BCUT2D eigenvalue weighted by Crippen LogP contribution is -2.31. The van der Waals surface area contributed by atoms with Crippen molar-refractivity contribution in [2.75, 3.05) is 18.5 Å². The molecule has 18 heavy (non-hydrogen) atoms. The van der Waals surface area contributed by atoms with Crippen LogP contribution in [-0.2, 0) is 22.6 Å². The number of carbonyl (C=O) groups is 2. The number of anilines is 1. The molecule has 0 radical (unpaired) electrons. The van der Waals surface area contributed by atoms with E-state index in [1.54, 1.807) is 11.9 Å². The molecule has 0 aromatic heterocycles. The van der Waals surface area contributed by atoms with Gasteiger partial charge in [0.25, 0.3) is 0 Å². The van der Waals surface area contributed by atoms with Crippen molar-refractivity contribution in [1.82, 2.24) is 5.32 Å². The Balaban J connectivity index is 2.08. The molecule has 2 N–H and O–H groups in total. The molecule has 2 rings (SSSR count). The third kappa shape index (κ3) is 2.68. The minimum absolute atomic E-state index is 0.0462. The molecular formula is C13H16N2O3. The molecule has 1 aliphatic heterocycles.